The van der Waals surface area contributed by atoms with E-state index in [9.17, 15) is 14.7 Å². The number of esters is 1. The highest BCUT2D eigenvalue weighted by Crippen LogP contribution is 2.27. The summed E-state index contributed by atoms with van der Waals surface area (Å²) in [5.41, 5.74) is 4.16. The molecule has 3 aromatic rings. The lowest BCUT2D eigenvalue weighted by molar-refractivity contribution is -0.150. The van der Waals surface area contributed by atoms with Crippen molar-refractivity contribution in [1.82, 2.24) is 24.3 Å². The molecule has 1 aliphatic rings. The summed E-state index contributed by atoms with van der Waals surface area (Å²) in [7, 11) is 3.84. The molecule has 0 spiro atoms. The van der Waals surface area contributed by atoms with Gasteiger partial charge in [0.05, 0.1) is 43.0 Å². The standard InChI is InChI=1S/C29H41N5O5/c1-18(2)17-39-29(37)26(20(4)35)30-13-21-7-8-25-24(12-21)31-27(22-11-19(3)28(36)33(6)14-22)34(25)16-23-15-32(5)9-10-38-23/h7-8,11-12,14,18,20,23,26,30,35H,9-10,13,15-17H2,1-6H3. The molecule has 0 bridgehead atoms. The Morgan fingerprint density at radius 1 is 1.26 bits per heavy atom. The second-order valence-electron chi connectivity index (χ2n) is 11.1. The summed E-state index contributed by atoms with van der Waals surface area (Å²) in [4.78, 5) is 32.1. The van der Waals surface area contributed by atoms with E-state index in [1.165, 1.54) is 0 Å². The first kappa shape index (κ1) is 28.9. The van der Waals surface area contributed by atoms with Crippen LogP contribution >= 0.6 is 0 Å². The van der Waals surface area contributed by atoms with E-state index in [0.29, 0.717) is 31.9 Å². The maximum absolute atomic E-state index is 12.5. The minimum absolute atomic E-state index is 0.0125. The Balaban J connectivity index is 1.65. The van der Waals surface area contributed by atoms with E-state index in [-0.39, 0.29) is 17.6 Å². The van der Waals surface area contributed by atoms with Crippen LogP contribution in [0.25, 0.3) is 22.4 Å². The van der Waals surface area contributed by atoms with Crippen LogP contribution < -0.4 is 10.9 Å². The van der Waals surface area contributed by atoms with Gasteiger partial charge in [-0.3, -0.25) is 14.9 Å². The number of pyridine rings is 1. The lowest BCUT2D eigenvalue weighted by Gasteiger charge is -2.30. The van der Waals surface area contributed by atoms with Crippen LogP contribution in [0.2, 0.25) is 0 Å². The summed E-state index contributed by atoms with van der Waals surface area (Å²) < 4.78 is 15.2. The number of morpholine rings is 1. The Kier molecular flexibility index (Phi) is 9.22. The molecule has 3 heterocycles. The van der Waals surface area contributed by atoms with Crippen LogP contribution in [0.3, 0.4) is 0 Å². The highest BCUT2D eigenvalue weighted by molar-refractivity contribution is 5.81. The van der Waals surface area contributed by atoms with Crippen molar-refractivity contribution in [3.8, 4) is 11.4 Å². The zero-order valence-electron chi connectivity index (χ0n) is 23.8. The summed E-state index contributed by atoms with van der Waals surface area (Å²) in [5, 5.41) is 13.3. The highest BCUT2D eigenvalue weighted by Gasteiger charge is 2.26. The number of likely N-dealkylation sites (N-methyl/N-ethyl adjacent to an activating group) is 1. The predicted octanol–water partition coefficient (Wildman–Crippen LogP) is 2.08. The molecule has 0 aliphatic carbocycles. The normalized spacial score (nSPS) is 18.0. The van der Waals surface area contributed by atoms with E-state index in [1.807, 2.05) is 51.2 Å². The van der Waals surface area contributed by atoms with Gasteiger partial charge < -0.3 is 28.6 Å². The third-order valence-electron chi connectivity index (χ3n) is 6.98. The molecule has 2 N–H and O–H groups in total. The van der Waals surface area contributed by atoms with Gasteiger partial charge in [0.1, 0.15) is 11.9 Å². The second kappa shape index (κ2) is 12.4. The Morgan fingerprint density at radius 3 is 2.69 bits per heavy atom. The van der Waals surface area contributed by atoms with Gasteiger partial charge in [0, 0.05) is 44.0 Å². The molecule has 1 aromatic carbocycles. The number of carbonyl (C=O) groups is 1. The average Bonchev–Trinajstić information content (AvgIpc) is 3.23. The van der Waals surface area contributed by atoms with Gasteiger partial charge in [-0.2, -0.15) is 0 Å². The monoisotopic (exact) mass is 539 g/mol. The number of rotatable bonds is 10. The summed E-state index contributed by atoms with van der Waals surface area (Å²) >= 11 is 0. The largest absolute Gasteiger partial charge is 0.464 e. The maximum Gasteiger partial charge on any atom is 0.325 e. The third kappa shape index (κ3) is 6.94. The number of hydrogen-bond donors (Lipinski definition) is 2. The fourth-order valence-electron chi connectivity index (χ4n) is 4.89. The average molecular weight is 540 g/mol. The Morgan fingerprint density at radius 2 is 2.03 bits per heavy atom. The minimum atomic E-state index is -0.902. The molecular formula is C29H41N5O5. The summed E-state index contributed by atoms with van der Waals surface area (Å²) in [6.07, 6.45) is 0.929. The van der Waals surface area contributed by atoms with E-state index < -0.39 is 18.1 Å². The van der Waals surface area contributed by atoms with E-state index >= 15 is 0 Å². The molecule has 39 heavy (non-hydrogen) atoms. The summed E-state index contributed by atoms with van der Waals surface area (Å²) in [6, 6.07) is 7.06. The number of nitrogens with one attached hydrogen (secondary N) is 1. The number of aliphatic hydroxyl groups excluding tert-OH is 1. The molecule has 0 radical (unpaired) electrons. The lowest BCUT2D eigenvalue weighted by atomic mass is 10.1. The van der Waals surface area contributed by atoms with Crippen LogP contribution in [0.4, 0.5) is 0 Å². The van der Waals surface area contributed by atoms with Crippen molar-refractivity contribution in [3.05, 3.63) is 51.9 Å². The molecule has 1 saturated heterocycles. The number of aryl methyl sites for hydroxylation is 2. The SMILES string of the molecule is Cc1cc(-c2nc3cc(CNC(C(=O)OCC(C)C)C(C)O)ccc3n2CC2CN(C)CCO2)cn(C)c1=O. The fourth-order valence-corrected chi connectivity index (χ4v) is 4.89. The first-order chi connectivity index (χ1) is 18.5. The molecule has 2 aromatic heterocycles. The van der Waals surface area contributed by atoms with Crippen molar-refractivity contribution in [3.63, 3.8) is 0 Å². The van der Waals surface area contributed by atoms with Crippen LogP contribution in [0.1, 0.15) is 31.9 Å². The number of aromatic nitrogens is 3. The highest BCUT2D eigenvalue weighted by atomic mass is 16.5. The first-order valence-corrected chi connectivity index (χ1v) is 13.6. The molecule has 0 saturated carbocycles. The Labute approximate surface area is 229 Å². The van der Waals surface area contributed by atoms with Crippen molar-refractivity contribution in [2.45, 2.75) is 59.0 Å². The quantitative estimate of drug-likeness (QED) is 0.377. The predicted molar refractivity (Wildman–Crippen MR) is 150 cm³/mol. The fraction of sp³-hybridized carbons (Fsp3) is 0.552. The number of hydrogen-bond acceptors (Lipinski definition) is 8. The Hall–Kier alpha value is -3.05. The first-order valence-electron chi connectivity index (χ1n) is 13.6. The molecule has 0 amide bonds. The van der Waals surface area contributed by atoms with E-state index in [2.05, 4.69) is 21.8 Å². The third-order valence-corrected chi connectivity index (χ3v) is 6.98. The summed E-state index contributed by atoms with van der Waals surface area (Å²) in [6.45, 7) is 11.0. The van der Waals surface area contributed by atoms with E-state index in [4.69, 9.17) is 14.5 Å². The molecule has 1 aliphatic heterocycles. The number of aliphatic hydroxyl groups is 1. The Bertz CT molecular complexity index is 1340. The van der Waals surface area contributed by atoms with E-state index in [1.54, 1.807) is 18.5 Å². The molecule has 1 fully saturated rings. The molecule has 4 rings (SSSR count). The zero-order valence-corrected chi connectivity index (χ0v) is 23.8. The second-order valence-corrected chi connectivity index (χ2v) is 11.1. The van der Waals surface area contributed by atoms with Crippen molar-refractivity contribution < 1.29 is 19.4 Å². The van der Waals surface area contributed by atoms with Crippen molar-refractivity contribution in [1.29, 1.82) is 0 Å². The van der Waals surface area contributed by atoms with Gasteiger partial charge in [0.25, 0.3) is 5.56 Å². The molecule has 10 heteroatoms. The number of fused-ring (bicyclic) bond motifs is 1. The van der Waals surface area contributed by atoms with Gasteiger partial charge in [-0.1, -0.05) is 19.9 Å². The maximum atomic E-state index is 12.5. The van der Waals surface area contributed by atoms with Crippen LogP contribution in [-0.4, -0.2) is 81.7 Å². The van der Waals surface area contributed by atoms with Gasteiger partial charge in [-0.05, 0) is 50.6 Å². The van der Waals surface area contributed by atoms with Gasteiger partial charge >= 0.3 is 5.97 Å². The molecule has 3 atom stereocenters. The molecule has 10 nitrogen and oxygen atoms in total. The number of ether oxygens (including phenoxy) is 2. The number of benzene rings is 1. The minimum Gasteiger partial charge on any atom is -0.464 e. The topological polar surface area (TPSA) is 111 Å². The summed E-state index contributed by atoms with van der Waals surface area (Å²) in [5.74, 6) is 0.518. The molecule has 3 unspecified atom stereocenters. The van der Waals surface area contributed by atoms with Crippen molar-refractivity contribution in [2.24, 2.45) is 13.0 Å². The van der Waals surface area contributed by atoms with Crippen molar-refractivity contribution >= 4 is 17.0 Å². The lowest BCUT2D eigenvalue weighted by Crippen LogP contribution is -2.45. The molecule has 212 valence electrons. The van der Waals surface area contributed by atoms with Crippen LogP contribution in [0, 0.1) is 12.8 Å². The smallest absolute Gasteiger partial charge is 0.325 e. The van der Waals surface area contributed by atoms with Gasteiger partial charge in [-0.15, -0.1) is 0 Å². The van der Waals surface area contributed by atoms with Crippen LogP contribution in [0.5, 0.6) is 0 Å². The van der Waals surface area contributed by atoms with E-state index in [0.717, 1.165) is 41.1 Å². The number of carbonyl (C=O) groups excluding carboxylic acids is 1. The van der Waals surface area contributed by atoms with Gasteiger partial charge in [0.15, 0.2) is 0 Å². The van der Waals surface area contributed by atoms with Gasteiger partial charge in [0.2, 0.25) is 0 Å². The number of imidazole rings is 1. The zero-order chi connectivity index (χ0) is 28.3. The van der Waals surface area contributed by atoms with Gasteiger partial charge in [-0.25, -0.2) is 4.98 Å². The van der Waals surface area contributed by atoms with Crippen molar-refractivity contribution in [2.75, 3.05) is 33.4 Å². The molecular weight excluding hydrogens is 498 g/mol. The van der Waals surface area contributed by atoms with Crippen LogP contribution in [0.15, 0.2) is 35.3 Å². The van der Waals surface area contributed by atoms with Crippen LogP contribution in [-0.2, 0) is 34.4 Å². The number of nitrogens with zero attached hydrogens (tertiary/aromatic N) is 4.